The molecule has 0 radical (unpaired) electrons. The van der Waals surface area contributed by atoms with E-state index in [0.29, 0.717) is 0 Å². The van der Waals surface area contributed by atoms with Gasteiger partial charge in [0.15, 0.2) is 5.78 Å². The van der Waals surface area contributed by atoms with Crippen LogP contribution in [-0.4, -0.2) is 5.78 Å². The van der Waals surface area contributed by atoms with Crippen LogP contribution in [0.3, 0.4) is 0 Å². The van der Waals surface area contributed by atoms with Gasteiger partial charge in [-0.2, -0.15) is 0 Å². The van der Waals surface area contributed by atoms with Crippen LogP contribution in [0.4, 0.5) is 8.78 Å². The number of hydrogen-bond acceptors (Lipinski definition) is 1. The standard InChI is InChI=1S/C13H6Cl2F2O/c14-10-3-2-8(16)6-9(10)13(18)7-1-4-12(17)11(15)5-7/h1-6H. The van der Waals surface area contributed by atoms with Gasteiger partial charge in [0.1, 0.15) is 11.6 Å². The number of rotatable bonds is 2. The molecular weight excluding hydrogens is 281 g/mol. The Bertz CT molecular complexity index is 626. The molecule has 2 aromatic carbocycles. The van der Waals surface area contributed by atoms with E-state index in [1.54, 1.807) is 0 Å². The van der Waals surface area contributed by atoms with Gasteiger partial charge in [0.05, 0.1) is 10.0 Å². The molecule has 0 amide bonds. The lowest BCUT2D eigenvalue weighted by Crippen LogP contribution is -2.03. The number of halogens is 4. The van der Waals surface area contributed by atoms with E-state index in [1.807, 2.05) is 0 Å². The normalized spacial score (nSPS) is 10.4. The summed E-state index contributed by atoms with van der Waals surface area (Å²) in [5.41, 5.74) is 0.160. The van der Waals surface area contributed by atoms with Gasteiger partial charge in [0, 0.05) is 11.1 Å². The molecule has 0 heterocycles. The van der Waals surface area contributed by atoms with Crippen LogP contribution in [0.25, 0.3) is 0 Å². The molecule has 0 spiro atoms. The zero-order valence-corrected chi connectivity index (χ0v) is 10.4. The second-order valence-corrected chi connectivity index (χ2v) is 4.40. The lowest BCUT2D eigenvalue weighted by molar-refractivity contribution is 0.103. The number of benzene rings is 2. The van der Waals surface area contributed by atoms with E-state index in [-0.39, 0.29) is 21.2 Å². The maximum Gasteiger partial charge on any atom is 0.194 e. The fourth-order valence-corrected chi connectivity index (χ4v) is 1.85. The van der Waals surface area contributed by atoms with E-state index in [0.717, 1.165) is 18.2 Å². The van der Waals surface area contributed by atoms with Gasteiger partial charge >= 0.3 is 0 Å². The summed E-state index contributed by atoms with van der Waals surface area (Å²) < 4.78 is 26.0. The topological polar surface area (TPSA) is 17.1 Å². The summed E-state index contributed by atoms with van der Waals surface area (Å²) in [5, 5.41) is -0.0461. The highest BCUT2D eigenvalue weighted by molar-refractivity contribution is 6.35. The largest absolute Gasteiger partial charge is 0.289 e. The van der Waals surface area contributed by atoms with Gasteiger partial charge < -0.3 is 0 Å². The van der Waals surface area contributed by atoms with Gasteiger partial charge in [-0.3, -0.25) is 4.79 Å². The van der Waals surface area contributed by atoms with Crippen LogP contribution >= 0.6 is 23.2 Å². The minimum absolute atomic E-state index is 0.0133. The molecule has 0 N–H and O–H groups in total. The van der Waals surface area contributed by atoms with Crippen LogP contribution in [0, 0.1) is 11.6 Å². The molecular formula is C13H6Cl2F2O. The van der Waals surface area contributed by atoms with E-state index in [2.05, 4.69) is 0 Å². The summed E-state index contributed by atoms with van der Waals surface area (Å²) in [5.74, 6) is -1.71. The van der Waals surface area contributed by atoms with E-state index < -0.39 is 17.4 Å². The molecule has 0 aliphatic carbocycles. The van der Waals surface area contributed by atoms with Crippen LogP contribution in [0.1, 0.15) is 15.9 Å². The first-order valence-corrected chi connectivity index (χ1v) is 5.69. The van der Waals surface area contributed by atoms with Crippen molar-refractivity contribution in [2.45, 2.75) is 0 Å². The van der Waals surface area contributed by atoms with Gasteiger partial charge in [-0.1, -0.05) is 23.2 Å². The van der Waals surface area contributed by atoms with E-state index in [4.69, 9.17) is 23.2 Å². The van der Waals surface area contributed by atoms with Crippen molar-refractivity contribution in [1.82, 2.24) is 0 Å². The minimum atomic E-state index is -0.626. The molecule has 1 nitrogen and oxygen atoms in total. The molecule has 0 saturated carbocycles. The molecule has 0 unspecified atom stereocenters. The molecule has 92 valence electrons. The summed E-state index contributed by atoms with van der Waals surface area (Å²) in [7, 11) is 0. The molecule has 0 atom stereocenters. The van der Waals surface area contributed by atoms with E-state index in [9.17, 15) is 13.6 Å². The molecule has 2 rings (SSSR count). The number of hydrogen-bond donors (Lipinski definition) is 0. The lowest BCUT2D eigenvalue weighted by Gasteiger charge is -2.04. The Balaban J connectivity index is 2.47. The fourth-order valence-electron chi connectivity index (χ4n) is 1.46. The average Bonchev–Trinajstić information content (AvgIpc) is 2.35. The number of ketones is 1. The zero-order valence-electron chi connectivity index (χ0n) is 8.88. The fraction of sp³-hybridized carbons (Fsp3) is 0. The Morgan fingerprint density at radius 3 is 2.33 bits per heavy atom. The van der Waals surface area contributed by atoms with Crippen molar-refractivity contribution in [2.75, 3.05) is 0 Å². The molecule has 0 fully saturated rings. The van der Waals surface area contributed by atoms with Crippen LogP contribution in [0.15, 0.2) is 36.4 Å². The Kier molecular flexibility index (Phi) is 3.64. The molecule has 0 saturated heterocycles. The second kappa shape index (κ2) is 5.04. The third kappa shape index (κ3) is 2.52. The summed E-state index contributed by atoms with van der Waals surface area (Å²) in [6.45, 7) is 0. The average molecular weight is 287 g/mol. The molecule has 5 heteroatoms. The Morgan fingerprint density at radius 2 is 1.67 bits per heavy atom. The predicted octanol–water partition coefficient (Wildman–Crippen LogP) is 4.50. The first kappa shape index (κ1) is 13.0. The van der Waals surface area contributed by atoms with E-state index in [1.165, 1.54) is 18.2 Å². The summed E-state index contributed by atoms with van der Waals surface area (Å²) >= 11 is 11.4. The maximum atomic E-state index is 13.1. The monoisotopic (exact) mass is 286 g/mol. The first-order chi connectivity index (χ1) is 8.49. The SMILES string of the molecule is O=C(c1ccc(F)c(Cl)c1)c1cc(F)ccc1Cl. The minimum Gasteiger partial charge on any atom is -0.289 e. The van der Waals surface area contributed by atoms with Gasteiger partial charge in [-0.25, -0.2) is 8.78 Å². The maximum absolute atomic E-state index is 13.1. The van der Waals surface area contributed by atoms with Gasteiger partial charge in [0.2, 0.25) is 0 Å². The Labute approximate surface area is 112 Å². The number of carbonyl (C=O) groups is 1. The highest BCUT2D eigenvalue weighted by atomic mass is 35.5. The zero-order chi connectivity index (χ0) is 13.3. The van der Waals surface area contributed by atoms with Crippen LogP contribution in [0.5, 0.6) is 0 Å². The highest BCUT2D eigenvalue weighted by Crippen LogP contribution is 2.23. The lowest BCUT2D eigenvalue weighted by atomic mass is 10.0. The van der Waals surface area contributed by atoms with Crippen LogP contribution in [-0.2, 0) is 0 Å². The quantitative estimate of drug-likeness (QED) is 0.743. The van der Waals surface area contributed by atoms with Gasteiger partial charge in [-0.15, -0.1) is 0 Å². The van der Waals surface area contributed by atoms with Crippen molar-refractivity contribution in [3.8, 4) is 0 Å². The highest BCUT2D eigenvalue weighted by Gasteiger charge is 2.15. The third-order valence-electron chi connectivity index (χ3n) is 2.35. The second-order valence-electron chi connectivity index (χ2n) is 3.58. The summed E-state index contributed by atoms with van der Waals surface area (Å²) in [4.78, 5) is 12.1. The molecule has 0 bridgehead atoms. The van der Waals surface area contributed by atoms with Gasteiger partial charge in [-0.05, 0) is 36.4 Å². The predicted molar refractivity (Wildman–Crippen MR) is 66.3 cm³/mol. The van der Waals surface area contributed by atoms with E-state index >= 15 is 0 Å². The Hall–Kier alpha value is -1.45. The Morgan fingerprint density at radius 1 is 0.944 bits per heavy atom. The van der Waals surface area contributed by atoms with Crippen molar-refractivity contribution in [3.05, 3.63) is 69.2 Å². The first-order valence-electron chi connectivity index (χ1n) is 4.94. The molecule has 0 aromatic heterocycles. The van der Waals surface area contributed by atoms with Crippen molar-refractivity contribution < 1.29 is 13.6 Å². The third-order valence-corrected chi connectivity index (χ3v) is 2.97. The molecule has 0 aliphatic rings. The number of carbonyl (C=O) groups excluding carboxylic acids is 1. The summed E-state index contributed by atoms with van der Waals surface area (Å²) in [6, 6.07) is 6.99. The van der Waals surface area contributed by atoms with Crippen LogP contribution in [0.2, 0.25) is 10.0 Å². The molecule has 2 aromatic rings. The molecule has 0 aliphatic heterocycles. The smallest absolute Gasteiger partial charge is 0.194 e. The van der Waals surface area contributed by atoms with Gasteiger partial charge in [0.25, 0.3) is 0 Å². The van der Waals surface area contributed by atoms with Crippen molar-refractivity contribution in [2.24, 2.45) is 0 Å². The van der Waals surface area contributed by atoms with Crippen LogP contribution < -0.4 is 0 Å². The van der Waals surface area contributed by atoms with Crippen molar-refractivity contribution in [1.29, 1.82) is 0 Å². The summed E-state index contributed by atoms with van der Waals surface area (Å²) in [6.07, 6.45) is 0. The molecule has 18 heavy (non-hydrogen) atoms. The van der Waals surface area contributed by atoms with Crippen molar-refractivity contribution >= 4 is 29.0 Å². The van der Waals surface area contributed by atoms with Crippen molar-refractivity contribution in [3.63, 3.8) is 0 Å².